The first-order chi connectivity index (χ1) is 8.33. The van der Waals surface area contributed by atoms with Crippen molar-refractivity contribution in [3.63, 3.8) is 0 Å². The fourth-order valence-electron chi connectivity index (χ4n) is 3.09. The predicted molar refractivity (Wildman–Crippen MR) is 73.5 cm³/mol. The summed E-state index contributed by atoms with van der Waals surface area (Å²) in [5.74, 6) is 1.01. The van der Waals surface area contributed by atoms with E-state index in [0.29, 0.717) is 6.04 Å². The van der Waals surface area contributed by atoms with Crippen LogP contribution in [0.1, 0.15) is 50.2 Å². The zero-order valence-corrected chi connectivity index (χ0v) is 10.8. The highest BCUT2D eigenvalue weighted by Crippen LogP contribution is 2.35. The van der Waals surface area contributed by atoms with Gasteiger partial charge in [0.15, 0.2) is 0 Å². The average Bonchev–Trinajstić information content (AvgIpc) is 3.13. The molecular formula is C16H23N. The SMILES string of the molecule is CC(CC1CC1)Nc1cccc2c1CCCC2. The van der Waals surface area contributed by atoms with Crippen molar-refractivity contribution >= 4 is 5.69 Å². The molecule has 1 unspecified atom stereocenters. The third kappa shape index (κ3) is 2.65. The quantitative estimate of drug-likeness (QED) is 0.817. The number of hydrogen-bond donors (Lipinski definition) is 1. The molecule has 0 saturated heterocycles. The van der Waals surface area contributed by atoms with Crippen molar-refractivity contribution in [3.8, 4) is 0 Å². The summed E-state index contributed by atoms with van der Waals surface area (Å²) in [4.78, 5) is 0. The Bertz CT molecular complexity index is 393. The molecule has 1 N–H and O–H groups in total. The van der Waals surface area contributed by atoms with E-state index < -0.39 is 0 Å². The first-order valence-electron chi connectivity index (χ1n) is 7.20. The predicted octanol–water partition coefficient (Wildman–Crippen LogP) is 4.17. The van der Waals surface area contributed by atoms with E-state index in [9.17, 15) is 0 Å². The van der Waals surface area contributed by atoms with Gasteiger partial charge in [-0.25, -0.2) is 0 Å². The lowest BCUT2D eigenvalue weighted by Gasteiger charge is -2.23. The van der Waals surface area contributed by atoms with Gasteiger partial charge in [-0.15, -0.1) is 0 Å². The van der Waals surface area contributed by atoms with Crippen molar-refractivity contribution in [2.45, 2.75) is 57.9 Å². The molecule has 1 aromatic carbocycles. The highest BCUT2D eigenvalue weighted by atomic mass is 14.9. The van der Waals surface area contributed by atoms with Crippen LogP contribution in [0, 0.1) is 5.92 Å². The van der Waals surface area contributed by atoms with E-state index in [-0.39, 0.29) is 0 Å². The molecule has 0 heterocycles. The molecule has 92 valence electrons. The number of benzene rings is 1. The van der Waals surface area contributed by atoms with Crippen LogP contribution in [0.2, 0.25) is 0 Å². The normalized spacial score (nSPS) is 20.8. The van der Waals surface area contributed by atoms with Gasteiger partial charge in [0.05, 0.1) is 0 Å². The van der Waals surface area contributed by atoms with Crippen LogP contribution in [0.3, 0.4) is 0 Å². The van der Waals surface area contributed by atoms with Crippen LogP contribution in [-0.2, 0) is 12.8 Å². The van der Waals surface area contributed by atoms with Crippen LogP contribution in [0.4, 0.5) is 5.69 Å². The molecule has 0 aromatic heterocycles. The fraction of sp³-hybridized carbons (Fsp3) is 0.625. The second-order valence-electron chi connectivity index (χ2n) is 5.87. The molecule has 0 bridgehead atoms. The summed E-state index contributed by atoms with van der Waals surface area (Å²) in [6, 6.07) is 7.44. The topological polar surface area (TPSA) is 12.0 Å². The van der Waals surface area contributed by atoms with Gasteiger partial charge in [-0.05, 0) is 62.1 Å². The van der Waals surface area contributed by atoms with Gasteiger partial charge in [-0.3, -0.25) is 0 Å². The van der Waals surface area contributed by atoms with Gasteiger partial charge in [-0.1, -0.05) is 25.0 Å². The van der Waals surface area contributed by atoms with Crippen LogP contribution in [0.5, 0.6) is 0 Å². The summed E-state index contributed by atoms with van der Waals surface area (Å²) >= 11 is 0. The Balaban J connectivity index is 1.72. The number of nitrogens with one attached hydrogen (secondary N) is 1. The maximum Gasteiger partial charge on any atom is 0.0377 e. The Kier molecular flexibility index (Phi) is 3.09. The maximum atomic E-state index is 3.74. The Morgan fingerprint density at radius 3 is 2.88 bits per heavy atom. The molecule has 1 aromatic rings. The van der Waals surface area contributed by atoms with E-state index in [2.05, 4.69) is 30.4 Å². The maximum absolute atomic E-state index is 3.74. The molecular weight excluding hydrogens is 206 g/mol. The molecule has 0 spiro atoms. The molecule has 17 heavy (non-hydrogen) atoms. The van der Waals surface area contributed by atoms with E-state index in [4.69, 9.17) is 0 Å². The number of anilines is 1. The third-order valence-electron chi connectivity index (χ3n) is 4.18. The molecule has 3 rings (SSSR count). The van der Waals surface area contributed by atoms with Crippen molar-refractivity contribution < 1.29 is 0 Å². The highest BCUT2D eigenvalue weighted by molar-refractivity contribution is 5.56. The molecule has 0 amide bonds. The van der Waals surface area contributed by atoms with Gasteiger partial charge in [0.2, 0.25) is 0 Å². The summed E-state index contributed by atoms with van der Waals surface area (Å²) in [7, 11) is 0. The van der Waals surface area contributed by atoms with Crippen molar-refractivity contribution in [1.29, 1.82) is 0 Å². The summed E-state index contributed by atoms with van der Waals surface area (Å²) in [5.41, 5.74) is 4.59. The monoisotopic (exact) mass is 229 g/mol. The van der Waals surface area contributed by atoms with Crippen LogP contribution in [0.25, 0.3) is 0 Å². The summed E-state index contributed by atoms with van der Waals surface area (Å²) in [6.45, 7) is 2.33. The standard InChI is InChI=1S/C16H23N/c1-12(11-13-9-10-13)17-16-8-4-6-14-5-2-3-7-15(14)16/h4,6,8,12-13,17H,2-3,5,7,9-11H2,1H3. The summed E-state index contributed by atoms with van der Waals surface area (Å²) in [6.07, 6.45) is 9.55. The van der Waals surface area contributed by atoms with Gasteiger partial charge in [-0.2, -0.15) is 0 Å². The Morgan fingerprint density at radius 1 is 1.24 bits per heavy atom. The minimum Gasteiger partial charge on any atom is -0.382 e. The van der Waals surface area contributed by atoms with E-state index in [1.54, 1.807) is 11.1 Å². The van der Waals surface area contributed by atoms with Crippen LogP contribution in [-0.4, -0.2) is 6.04 Å². The lowest BCUT2D eigenvalue weighted by molar-refractivity contribution is 0.637. The van der Waals surface area contributed by atoms with Gasteiger partial charge in [0.25, 0.3) is 0 Å². The van der Waals surface area contributed by atoms with Crippen molar-refractivity contribution in [2.75, 3.05) is 5.32 Å². The van der Waals surface area contributed by atoms with Crippen molar-refractivity contribution in [2.24, 2.45) is 5.92 Å². The zero-order valence-electron chi connectivity index (χ0n) is 10.8. The van der Waals surface area contributed by atoms with Crippen molar-refractivity contribution in [1.82, 2.24) is 0 Å². The van der Waals surface area contributed by atoms with Gasteiger partial charge < -0.3 is 5.32 Å². The van der Waals surface area contributed by atoms with E-state index in [1.165, 1.54) is 50.6 Å². The third-order valence-corrected chi connectivity index (χ3v) is 4.18. The van der Waals surface area contributed by atoms with E-state index in [0.717, 1.165) is 5.92 Å². The number of rotatable bonds is 4. The first kappa shape index (κ1) is 11.1. The Labute approximate surface area is 105 Å². The summed E-state index contributed by atoms with van der Waals surface area (Å²) in [5, 5.41) is 3.74. The summed E-state index contributed by atoms with van der Waals surface area (Å²) < 4.78 is 0. The Hall–Kier alpha value is -0.980. The lowest BCUT2D eigenvalue weighted by atomic mass is 9.90. The smallest absolute Gasteiger partial charge is 0.0377 e. The molecule has 2 aliphatic carbocycles. The lowest BCUT2D eigenvalue weighted by Crippen LogP contribution is -2.18. The van der Waals surface area contributed by atoms with Crippen LogP contribution in [0.15, 0.2) is 18.2 Å². The minimum absolute atomic E-state index is 0.635. The van der Waals surface area contributed by atoms with Crippen LogP contribution < -0.4 is 5.32 Å². The molecule has 1 nitrogen and oxygen atoms in total. The number of hydrogen-bond acceptors (Lipinski definition) is 1. The van der Waals surface area contributed by atoms with Gasteiger partial charge in [0.1, 0.15) is 0 Å². The molecule has 0 aliphatic heterocycles. The van der Waals surface area contributed by atoms with Gasteiger partial charge >= 0.3 is 0 Å². The largest absolute Gasteiger partial charge is 0.382 e. The fourth-order valence-corrected chi connectivity index (χ4v) is 3.09. The number of fused-ring (bicyclic) bond motifs is 1. The minimum atomic E-state index is 0.635. The molecule has 1 atom stereocenters. The van der Waals surface area contributed by atoms with E-state index >= 15 is 0 Å². The first-order valence-corrected chi connectivity index (χ1v) is 7.20. The molecule has 1 heteroatoms. The van der Waals surface area contributed by atoms with E-state index in [1.807, 2.05) is 0 Å². The van der Waals surface area contributed by atoms with Crippen LogP contribution >= 0.6 is 0 Å². The molecule has 1 saturated carbocycles. The second-order valence-corrected chi connectivity index (χ2v) is 5.87. The van der Waals surface area contributed by atoms with Gasteiger partial charge in [0, 0.05) is 11.7 Å². The molecule has 0 radical (unpaired) electrons. The number of aryl methyl sites for hydroxylation is 1. The Morgan fingerprint density at radius 2 is 2.06 bits per heavy atom. The average molecular weight is 229 g/mol. The van der Waals surface area contributed by atoms with Crippen molar-refractivity contribution in [3.05, 3.63) is 29.3 Å². The molecule has 2 aliphatic rings. The zero-order chi connectivity index (χ0) is 11.7. The highest BCUT2D eigenvalue weighted by Gasteiger charge is 2.24. The molecule has 1 fully saturated rings. The second kappa shape index (κ2) is 4.72.